The number of nitrogens with zero attached hydrogens (tertiary/aromatic N) is 2. The molecule has 1 aromatic rings. The first-order chi connectivity index (χ1) is 8.54. The predicted octanol–water partition coefficient (Wildman–Crippen LogP) is 3.06. The van der Waals surface area contributed by atoms with Gasteiger partial charge < -0.3 is 10.0 Å². The van der Waals surface area contributed by atoms with E-state index in [1.54, 1.807) is 0 Å². The largest absolute Gasteiger partial charge is 0.388 e. The predicted molar refractivity (Wildman–Crippen MR) is 75.5 cm³/mol. The summed E-state index contributed by atoms with van der Waals surface area (Å²) >= 11 is 3.37. The molecule has 0 amide bonds. The van der Waals surface area contributed by atoms with Gasteiger partial charge in [0.2, 0.25) is 0 Å². The van der Waals surface area contributed by atoms with E-state index in [2.05, 4.69) is 22.0 Å². The highest BCUT2D eigenvalue weighted by Crippen LogP contribution is 2.32. The maximum absolute atomic E-state index is 10.4. The minimum Gasteiger partial charge on any atom is -0.388 e. The highest BCUT2D eigenvalue weighted by atomic mass is 79.9. The molecule has 4 heteroatoms. The van der Waals surface area contributed by atoms with Crippen LogP contribution in [0.3, 0.4) is 0 Å². The number of anilines is 1. The lowest BCUT2D eigenvalue weighted by Crippen LogP contribution is -2.39. The molecule has 0 atom stereocenters. The Bertz CT molecular complexity index is 475. The zero-order chi connectivity index (χ0) is 13.2. The Morgan fingerprint density at radius 1 is 1.44 bits per heavy atom. The van der Waals surface area contributed by atoms with Crippen molar-refractivity contribution in [2.45, 2.75) is 31.3 Å². The molecule has 0 saturated heterocycles. The second-order valence-electron chi connectivity index (χ2n) is 5.06. The van der Waals surface area contributed by atoms with E-state index in [1.807, 2.05) is 30.1 Å². The topological polar surface area (TPSA) is 47.3 Å². The molecule has 18 heavy (non-hydrogen) atoms. The lowest BCUT2D eigenvalue weighted by molar-refractivity contribution is 0.0559. The average molecular weight is 309 g/mol. The van der Waals surface area contributed by atoms with Crippen LogP contribution in [0.25, 0.3) is 0 Å². The summed E-state index contributed by atoms with van der Waals surface area (Å²) in [5.74, 6) is 0. The summed E-state index contributed by atoms with van der Waals surface area (Å²) < 4.78 is 0.899. The van der Waals surface area contributed by atoms with Gasteiger partial charge in [-0.15, -0.1) is 0 Å². The van der Waals surface area contributed by atoms with Gasteiger partial charge in [0.1, 0.15) is 6.07 Å². The summed E-state index contributed by atoms with van der Waals surface area (Å²) in [5.41, 5.74) is 0.920. The van der Waals surface area contributed by atoms with Crippen molar-refractivity contribution in [3.63, 3.8) is 0 Å². The lowest BCUT2D eigenvalue weighted by Gasteiger charge is -2.30. The zero-order valence-electron chi connectivity index (χ0n) is 10.5. The van der Waals surface area contributed by atoms with Crippen LogP contribution in [0.15, 0.2) is 22.7 Å². The molecule has 0 bridgehead atoms. The molecule has 0 aromatic heterocycles. The number of hydrogen-bond acceptors (Lipinski definition) is 3. The summed E-state index contributed by atoms with van der Waals surface area (Å²) in [6.07, 6.45) is 3.90. The first kappa shape index (κ1) is 13.4. The first-order valence-electron chi connectivity index (χ1n) is 6.17. The molecule has 96 valence electrons. The van der Waals surface area contributed by atoms with Crippen LogP contribution in [0, 0.1) is 11.3 Å². The van der Waals surface area contributed by atoms with Crippen LogP contribution in [-0.2, 0) is 0 Å². The van der Waals surface area contributed by atoms with Crippen LogP contribution in [-0.4, -0.2) is 24.3 Å². The van der Waals surface area contributed by atoms with Crippen LogP contribution < -0.4 is 4.90 Å². The van der Waals surface area contributed by atoms with Crippen LogP contribution in [0.5, 0.6) is 0 Å². The quantitative estimate of drug-likeness (QED) is 0.933. The Labute approximate surface area is 116 Å². The molecule has 1 saturated carbocycles. The van der Waals surface area contributed by atoms with Gasteiger partial charge in [-0.25, -0.2) is 0 Å². The van der Waals surface area contributed by atoms with Gasteiger partial charge in [0.15, 0.2) is 0 Å². The van der Waals surface area contributed by atoms with Crippen molar-refractivity contribution in [1.82, 2.24) is 0 Å². The molecule has 0 heterocycles. The lowest BCUT2D eigenvalue weighted by atomic mass is 10.0. The Morgan fingerprint density at radius 2 is 2.11 bits per heavy atom. The molecule has 2 rings (SSSR count). The van der Waals surface area contributed by atoms with E-state index in [9.17, 15) is 5.11 Å². The van der Waals surface area contributed by atoms with Crippen molar-refractivity contribution in [2.24, 2.45) is 0 Å². The molecule has 1 aliphatic rings. The highest BCUT2D eigenvalue weighted by Gasteiger charge is 2.32. The molecule has 0 radical (unpaired) electrons. The maximum atomic E-state index is 10.4. The number of rotatable bonds is 3. The molecule has 1 N–H and O–H groups in total. The standard InChI is InChI=1S/C14H17BrN2O/c1-17(10-14(18)6-2-3-7-14)13-5-4-12(15)8-11(13)9-16/h4-5,8,18H,2-3,6-7,10H2,1H3. The molecule has 0 aliphatic heterocycles. The zero-order valence-corrected chi connectivity index (χ0v) is 12.1. The smallest absolute Gasteiger partial charge is 0.101 e. The van der Waals surface area contributed by atoms with Gasteiger partial charge in [0.25, 0.3) is 0 Å². The maximum Gasteiger partial charge on any atom is 0.101 e. The number of halogens is 1. The van der Waals surface area contributed by atoms with E-state index in [4.69, 9.17) is 5.26 Å². The fourth-order valence-electron chi connectivity index (χ4n) is 2.65. The van der Waals surface area contributed by atoms with E-state index in [0.29, 0.717) is 12.1 Å². The van der Waals surface area contributed by atoms with E-state index in [1.165, 1.54) is 0 Å². The van der Waals surface area contributed by atoms with E-state index < -0.39 is 5.60 Å². The van der Waals surface area contributed by atoms with Crippen molar-refractivity contribution in [3.8, 4) is 6.07 Å². The van der Waals surface area contributed by atoms with Crippen LogP contribution >= 0.6 is 15.9 Å². The van der Waals surface area contributed by atoms with Gasteiger partial charge in [-0.05, 0) is 31.0 Å². The molecule has 3 nitrogen and oxygen atoms in total. The number of likely N-dealkylation sites (N-methyl/N-ethyl adjacent to an activating group) is 1. The van der Waals surface area contributed by atoms with Gasteiger partial charge in [-0.1, -0.05) is 28.8 Å². The summed E-state index contributed by atoms with van der Waals surface area (Å²) in [7, 11) is 1.93. The fourth-order valence-corrected chi connectivity index (χ4v) is 3.01. The first-order valence-corrected chi connectivity index (χ1v) is 6.96. The van der Waals surface area contributed by atoms with Gasteiger partial charge in [-0.3, -0.25) is 0 Å². The summed E-state index contributed by atoms with van der Waals surface area (Å²) in [4.78, 5) is 1.98. The van der Waals surface area contributed by atoms with Gasteiger partial charge in [0, 0.05) is 18.1 Å². The van der Waals surface area contributed by atoms with Crippen molar-refractivity contribution < 1.29 is 5.11 Å². The Balaban J connectivity index is 2.18. The van der Waals surface area contributed by atoms with E-state index >= 15 is 0 Å². The third kappa shape index (κ3) is 2.85. The normalized spacial score (nSPS) is 17.4. The average Bonchev–Trinajstić information content (AvgIpc) is 2.75. The minimum atomic E-state index is -0.589. The third-order valence-electron chi connectivity index (χ3n) is 3.56. The van der Waals surface area contributed by atoms with Crippen LogP contribution in [0.2, 0.25) is 0 Å². The molecule has 0 spiro atoms. The number of aliphatic hydroxyl groups is 1. The van der Waals surface area contributed by atoms with Crippen LogP contribution in [0.1, 0.15) is 31.2 Å². The highest BCUT2D eigenvalue weighted by molar-refractivity contribution is 9.10. The monoisotopic (exact) mass is 308 g/mol. The van der Waals surface area contributed by atoms with Crippen molar-refractivity contribution in [1.29, 1.82) is 5.26 Å². The SMILES string of the molecule is CN(CC1(O)CCCC1)c1ccc(Br)cc1C#N. The molecule has 0 unspecified atom stereocenters. The fraction of sp³-hybridized carbons (Fsp3) is 0.500. The summed E-state index contributed by atoms with van der Waals surface area (Å²) in [6.45, 7) is 0.587. The van der Waals surface area contributed by atoms with E-state index in [-0.39, 0.29) is 0 Å². The molecular formula is C14H17BrN2O. The molecule has 1 aliphatic carbocycles. The Morgan fingerprint density at radius 3 is 2.72 bits per heavy atom. The summed E-state index contributed by atoms with van der Waals surface area (Å²) in [6, 6.07) is 7.85. The summed E-state index contributed by atoms with van der Waals surface area (Å²) in [5, 5.41) is 19.6. The number of benzene rings is 1. The Hall–Kier alpha value is -1.05. The van der Waals surface area contributed by atoms with Crippen LogP contribution in [0.4, 0.5) is 5.69 Å². The van der Waals surface area contributed by atoms with Crippen molar-refractivity contribution >= 4 is 21.6 Å². The van der Waals surface area contributed by atoms with E-state index in [0.717, 1.165) is 35.8 Å². The molecule has 1 aromatic carbocycles. The van der Waals surface area contributed by atoms with Crippen molar-refractivity contribution in [2.75, 3.05) is 18.5 Å². The third-order valence-corrected chi connectivity index (χ3v) is 4.05. The molecule has 1 fully saturated rings. The second kappa shape index (κ2) is 5.29. The molecular weight excluding hydrogens is 292 g/mol. The number of nitriles is 1. The Kier molecular flexibility index (Phi) is 3.94. The van der Waals surface area contributed by atoms with Gasteiger partial charge >= 0.3 is 0 Å². The van der Waals surface area contributed by atoms with Crippen molar-refractivity contribution in [3.05, 3.63) is 28.2 Å². The van der Waals surface area contributed by atoms with Gasteiger partial charge in [0.05, 0.1) is 16.9 Å². The number of hydrogen-bond donors (Lipinski definition) is 1. The minimum absolute atomic E-state index is 0.587. The second-order valence-corrected chi connectivity index (χ2v) is 5.98. The van der Waals surface area contributed by atoms with Gasteiger partial charge in [-0.2, -0.15) is 5.26 Å².